The summed E-state index contributed by atoms with van der Waals surface area (Å²) in [5.41, 5.74) is 2.84. The summed E-state index contributed by atoms with van der Waals surface area (Å²) in [5, 5.41) is 15.9. The molecule has 2 aliphatic rings. The van der Waals surface area contributed by atoms with Gasteiger partial charge in [0.25, 0.3) is 0 Å². The fourth-order valence-corrected chi connectivity index (χ4v) is 4.50. The summed E-state index contributed by atoms with van der Waals surface area (Å²) >= 11 is 0. The van der Waals surface area contributed by atoms with Crippen LogP contribution in [-0.2, 0) is 9.53 Å². The average Bonchev–Trinajstić information content (AvgIpc) is 3.28. The third-order valence-corrected chi connectivity index (χ3v) is 6.59. The number of carboxylic acid groups (broad SMARTS) is 1. The first-order chi connectivity index (χ1) is 20.2. The molecule has 0 spiro atoms. The first-order valence-electron chi connectivity index (χ1n) is 14.5. The van der Waals surface area contributed by atoms with Gasteiger partial charge in [-0.25, -0.2) is 14.6 Å². The number of carbonyl (C=O) groups is 2. The summed E-state index contributed by atoms with van der Waals surface area (Å²) in [5.74, 6) is -1.05. The van der Waals surface area contributed by atoms with Crippen molar-refractivity contribution in [3.63, 3.8) is 0 Å². The first-order valence-corrected chi connectivity index (χ1v) is 14.5. The summed E-state index contributed by atoms with van der Waals surface area (Å²) in [4.78, 5) is 27.5. The Labute approximate surface area is 251 Å². The van der Waals surface area contributed by atoms with E-state index in [4.69, 9.17) is 9.84 Å². The van der Waals surface area contributed by atoms with E-state index in [1.54, 1.807) is 11.0 Å². The maximum Gasteiger partial charge on any atom is 0.410 e. The Morgan fingerprint density at radius 3 is 2.64 bits per heavy atom. The molecule has 42 heavy (non-hydrogen) atoms. The van der Waals surface area contributed by atoms with E-state index in [1.807, 2.05) is 62.3 Å². The Morgan fingerprint density at radius 1 is 1.26 bits per heavy atom. The fraction of sp³-hybridized carbons (Fsp3) is 0.382. The molecular formula is C34H46N4O4. The van der Waals surface area contributed by atoms with Crippen LogP contribution >= 0.6 is 0 Å². The van der Waals surface area contributed by atoms with E-state index in [-0.39, 0.29) is 12.1 Å². The number of hydrazone groups is 1. The van der Waals surface area contributed by atoms with Crippen molar-refractivity contribution >= 4 is 18.3 Å². The molecule has 0 radical (unpaired) electrons. The van der Waals surface area contributed by atoms with Gasteiger partial charge < -0.3 is 19.6 Å². The predicted octanol–water partition coefficient (Wildman–Crippen LogP) is 6.77. The summed E-state index contributed by atoms with van der Waals surface area (Å²) in [6, 6.07) is 10.0. The number of carboxylic acids is 1. The van der Waals surface area contributed by atoms with E-state index >= 15 is 0 Å². The van der Waals surface area contributed by atoms with Crippen molar-refractivity contribution in [3.05, 3.63) is 108 Å². The van der Waals surface area contributed by atoms with E-state index < -0.39 is 17.7 Å². The van der Waals surface area contributed by atoms with Crippen LogP contribution in [0.3, 0.4) is 0 Å². The normalized spacial score (nSPS) is 19.1. The third-order valence-electron chi connectivity index (χ3n) is 6.59. The van der Waals surface area contributed by atoms with Gasteiger partial charge in [0.1, 0.15) is 5.60 Å². The third kappa shape index (κ3) is 11.4. The minimum absolute atomic E-state index is 0.107. The molecule has 1 saturated heterocycles. The zero-order valence-corrected chi connectivity index (χ0v) is 25.7. The van der Waals surface area contributed by atoms with Gasteiger partial charge in [0.15, 0.2) is 0 Å². The number of cyclic esters (lactones) is 1. The molecule has 1 aromatic rings. The quantitative estimate of drug-likeness (QED) is 0.114. The molecule has 1 fully saturated rings. The van der Waals surface area contributed by atoms with Crippen molar-refractivity contribution in [1.29, 1.82) is 0 Å². The van der Waals surface area contributed by atoms with Gasteiger partial charge in [-0.15, -0.1) is 0 Å². The van der Waals surface area contributed by atoms with Gasteiger partial charge in [0, 0.05) is 38.0 Å². The molecule has 0 saturated carbocycles. The molecule has 1 amide bonds. The Hall–Kier alpha value is -4.17. The fourth-order valence-electron chi connectivity index (χ4n) is 4.50. The Bertz CT molecular complexity index is 1230. The molecule has 226 valence electrons. The smallest absolute Gasteiger partial charge is 0.410 e. The molecule has 8 heteroatoms. The van der Waals surface area contributed by atoms with Gasteiger partial charge in [-0.05, 0) is 63.1 Å². The monoisotopic (exact) mass is 574 g/mol. The van der Waals surface area contributed by atoms with Crippen LogP contribution in [0.25, 0.3) is 0 Å². The molecule has 1 N–H and O–H groups in total. The Balaban J connectivity index is 0.00000301. The number of hydrogen-bond acceptors (Lipinski definition) is 6. The highest BCUT2D eigenvalue weighted by molar-refractivity contribution is 5.90. The van der Waals surface area contributed by atoms with Crippen LogP contribution in [0, 0.1) is 0 Å². The van der Waals surface area contributed by atoms with Crippen molar-refractivity contribution in [3.8, 4) is 0 Å². The molecule has 0 bridgehead atoms. The number of hydrogen-bond donors (Lipinski definition) is 1. The van der Waals surface area contributed by atoms with Crippen LogP contribution < -0.4 is 0 Å². The van der Waals surface area contributed by atoms with Crippen LogP contribution in [0.2, 0.25) is 0 Å². The second kappa shape index (κ2) is 17.6. The van der Waals surface area contributed by atoms with Gasteiger partial charge in [0.05, 0.1) is 18.3 Å². The van der Waals surface area contributed by atoms with Crippen LogP contribution in [0.5, 0.6) is 0 Å². The van der Waals surface area contributed by atoms with Crippen molar-refractivity contribution in [1.82, 2.24) is 14.8 Å². The molecule has 1 aliphatic carbocycles. The minimum Gasteiger partial charge on any atom is -0.478 e. The Kier molecular flexibility index (Phi) is 14.3. The summed E-state index contributed by atoms with van der Waals surface area (Å²) in [6.45, 7) is 13.8. The number of benzene rings is 1. The summed E-state index contributed by atoms with van der Waals surface area (Å²) < 4.78 is 5.71. The summed E-state index contributed by atoms with van der Waals surface area (Å²) in [6.07, 6.45) is 18.5. The van der Waals surface area contributed by atoms with E-state index in [0.29, 0.717) is 13.0 Å². The molecule has 1 unspecified atom stereocenters. The lowest BCUT2D eigenvalue weighted by Gasteiger charge is -2.26. The number of ether oxygens (including phenoxy) is 1. The predicted molar refractivity (Wildman–Crippen MR) is 171 cm³/mol. The molecule has 1 aliphatic heterocycles. The SMILES string of the molecule is C=C/C=C(\C=C/CN1CC(C)(CCN(C)C/C(C)=C/N(/N=C/c2ccccc2)C2=CC=CCC2)OC1=O)C(=O)O.CC. The highest BCUT2D eigenvalue weighted by Gasteiger charge is 2.40. The van der Waals surface area contributed by atoms with Gasteiger partial charge in [-0.1, -0.05) is 75.1 Å². The molecular weight excluding hydrogens is 528 g/mol. The number of amides is 1. The van der Waals surface area contributed by atoms with E-state index in [9.17, 15) is 14.7 Å². The minimum atomic E-state index is -1.05. The number of allylic oxidation sites excluding steroid dienone is 6. The molecule has 0 aromatic heterocycles. The maximum absolute atomic E-state index is 12.5. The van der Waals surface area contributed by atoms with Crippen LogP contribution in [-0.4, -0.2) is 77.0 Å². The van der Waals surface area contributed by atoms with E-state index in [0.717, 1.165) is 42.8 Å². The molecule has 1 atom stereocenters. The number of likely N-dealkylation sites (N-methyl/N-ethyl adjacent to an activating group) is 1. The van der Waals surface area contributed by atoms with Crippen LogP contribution in [0.4, 0.5) is 4.79 Å². The topological polar surface area (TPSA) is 85.7 Å². The van der Waals surface area contributed by atoms with Crippen molar-refractivity contribution in [2.45, 2.75) is 52.6 Å². The largest absolute Gasteiger partial charge is 0.478 e. The number of rotatable bonds is 14. The van der Waals surface area contributed by atoms with Crippen molar-refractivity contribution in [2.75, 3.05) is 33.2 Å². The molecule has 8 nitrogen and oxygen atoms in total. The molecule has 3 rings (SSSR count). The maximum atomic E-state index is 12.5. The zero-order chi connectivity index (χ0) is 31.0. The second-order valence-corrected chi connectivity index (χ2v) is 10.4. The van der Waals surface area contributed by atoms with Gasteiger partial charge >= 0.3 is 12.1 Å². The number of carbonyl (C=O) groups excluding carboxylic acids is 1. The van der Waals surface area contributed by atoms with Crippen molar-refractivity contribution in [2.24, 2.45) is 5.10 Å². The standard InChI is InChI=1S/C32H40N4O4.C2H6/c1-5-13-28(30(37)38)16-12-20-35-25-32(3,40-31(35)39)19-21-34(4)23-26(2)24-36(29-17-10-7-11-18-29)33-22-27-14-8-6-9-15-27;1-2/h5-10,12-17,22,24H,1,11,18-21,23,25H2,2-4H3,(H,37,38);1-2H3/b16-12-,26-24+,28-13+,33-22+;. The summed E-state index contributed by atoms with van der Waals surface area (Å²) in [7, 11) is 2.05. The Morgan fingerprint density at radius 2 is 2.00 bits per heavy atom. The van der Waals surface area contributed by atoms with Crippen LogP contribution in [0.1, 0.15) is 52.5 Å². The number of aliphatic carboxylic acids is 1. The lowest BCUT2D eigenvalue weighted by Crippen LogP contribution is -2.36. The second-order valence-electron chi connectivity index (χ2n) is 10.4. The number of nitrogens with zero attached hydrogens (tertiary/aromatic N) is 4. The van der Waals surface area contributed by atoms with Crippen molar-refractivity contribution < 1.29 is 19.4 Å². The van der Waals surface area contributed by atoms with E-state index in [2.05, 4.69) is 49.9 Å². The first kappa shape index (κ1) is 34.0. The van der Waals surface area contributed by atoms with Gasteiger partial charge in [-0.3, -0.25) is 0 Å². The van der Waals surface area contributed by atoms with Gasteiger partial charge in [0.2, 0.25) is 0 Å². The van der Waals surface area contributed by atoms with Crippen LogP contribution in [0.15, 0.2) is 108 Å². The average molecular weight is 575 g/mol. The highest BCUT2D eigenvalue weighted by Crippen LogP contribution is 2.26. The van der Waals surface area contributed by atoms with E-state index in [1.165, 1.54) is 18.2 Å². The highest BCUT2D eigenvalue weighted by atomic mass is 16.6. The molecule has 1 heterocycles. The lowest BCUT2D eigenvalue weighted by atomic mass is 10.0. The lowest BCUT2D eigenvalue weighted by molar-refractivity contribution is -0.132. The zero-order valence-electron chi connectivity index (χ0n) is 25.7. The van der Waals surface area contributed by atoms with Gasteiger partial charge in [-0.2, -0.15) is 5.10 Å². The molecule has 1 aromatic carbocycles.